The number of hydrogen-bond acceptors (Lipinski definition) is 4. The largest absolute Gasteiger partial charge is 0.505 e. The number of phenols is 1. The van der Waals surface area contributed by atoms with Gasteiger partial charge in [-0.3, -0.25) is 0 Å². The van der Waals surface area contributed by atoms with Crippen LogP contribution in [0.1, 0.15) is 16.7 Å². The summed E-state index contributed by atoms with van der Waals surface area (Å²) in [6.45, 7) is 0. The predicted octanol–water partition coefficient (Wildman–Crippen LogP) is 2.34. The first-order valence-corrected chi connectivity index (χ1v) is 5.16. The Bertz CT molecular complexity index is 750. The van der Waals surface area contributed by atoms with Gasteiger partial charge in [0.25, 0.3) is 0 Å². The van der Waals surface area contributed by atoms with Crippen LogP contribution in [0.25, 0.3) is 5.69 Å². The number of benzene rings is 1. The van der Waals surface area contributed by atoms with E-state index in [1.54, 1.807) is 12.1 Å². The first-order valence-electron chi connectivity index (χ1n) is 5.16. The minimum absolute atomic E-state index is 0.111. The van der Waals surface area contributed by atoms with Crippen molar-refractivity contribution in [3.05, 3.63) is 41.2 Å². The van der Waals surface area contributed by atoms with Crippen LogP contribution in [-0.4, -0.2) is 14.9 Å². The molecule has 5 nitrogen and oxygen atoms in total. The number of nitrogens with zero attached hydrogens (tertiary/aromatic N) is 4. The first kappa shape index (κ1) is 13.4. The molecule has 2 aromatic rings. The molecular weight excluding hydrogens is 273 g/mol. The van der Waals surface area contributed by atoms with Crippen molar-refractivity contribution < 1.29 is 18.3 Å². The third-order valence-electron chi connectivity index (χ3n) is 2.48. The van der Waals surface area contributed by atoms with Gasteiger partial charge in [-0.1, -0.05) is 0 Å². The monoisotopic (exact) mass is 278 g/mol. The Hall–Kier alpha value is -3.00. The molecule has 0 bridgehead atoms. The molecule has 0 spiro atoms. The van der Waals surface area contributed by atoms with Gasteiger partial charge in [0.05, 0.1) is 23.4 Å². The molecule has 0 aliphatic rings. The van der Waals surface area contributed by atoms with Crippen molar-refractivity contribution in [2.24, 2.45) is 0 Å². The Balaban J connectivity index is 2.71. The van der Waals surface area contributed by atoms with Crippen LogP contribution in [0, 0.1) is 22.7 Å². The van der Waals surface area contributed by atoms with E-state index < -0.39 is 17.5 Å². The fourth-order valence-electron chi connectivity index (χ4n) is 1.59. The van der Waals surface area contributed by atoms with Crippen molar-refractivity contribution in [3.63, 3.8) is 0 Å². The van der Waals surface area contributed by atoms with Crippen LogP contribution < -0.4 is 0 Å². The summed E-state index contributed by atoms with van der Waals surface area (Å²) in [5.74, 6) is -1.05. The lowest BCUT2D eigenvalue weighted by Crippen LogP contribution is -2.08. The van der Waals surface area contributed by atoms with Gasteiger partial charge in [0, 0.05) is 6.20 Å². The van der Waals surface area contributed by atoms with Crippen molar-refractivity contribution in [2.45, 2.75) is 6.18 Å². The molecular formula is C12H5F3N4O. The highest BCUT2D eigenvalue weighted by atomic mass is 19.4. The van der Waals surface area contributed by atoms with Gasteiger partial charge < -0.3 is 5.11 Å². The summed E-state index contributed by atoms with van der Waals surface area (Å²) in [6, 6.07) is 4.94. The smallest absolute Gasteiger partial charge is 0.420 e. The third kappa shape index (κ3) is 2.27. The quantitative estimate of drug-likeness (QED) is 0.867. The van der Waals surface area contributed by atoms with E-state index in [1.165, 1.54) is 0 Å². The van der Waals surface area contributed by atoms with E-state index in [4.69, 9.17) is 10.5 Å². The van der Waals surface area contributed by atoms with E-state index in [2.05, 4.69) is 5.10 Å². The fraction of sp³-hybridized carbons (Fsp3) is 0.0833. The van der Waals surface area contributed by atoms with Crippen molar-refractivity contribution in [1.29, 1.82) is 10.5 Å². The molecule has 0 radical (unpaired) electrons. The number of nitriles is 2. The van der Waals surface area contributed by atoms with Gasteiger partial charge in [-0.15, -0.1) is 0 Å². The van der Waals surface area contributed by atoms with Crippen molar-refractivity contribution in [1.82, 2.24) is 9.78 Å². The van der Waals surface area contributed by atoms with Crippen LogP contribution in [0.5, 0.6) is 5.75 Å². The highest BCUT2D eigenvalue weighted by molar-refractivity contribution is 5.57. The molecule has 0 unspecified atom stereocenters. The minimum atomic E-state index is -4.81. The number of rotatable bonds is 1. The molecule has 8 heteroatoms. The van der Waals surface area contributed by atoms with Crippen molar-refractivity contribution in [3.8, 4) is 23.6 Å². The van der Waals surface area contributed by atoms with Gasteiger partial charge in [0.1, 0.15) is 17.3 Å². The molecule has 0 saturated carbocycles. The van der Waals surface area contributed by atoms with E-state index >= 15 is 0 Å². The zero-order valence-corrected chi connectivity index (χ0v) is 9.68. The van der Waals surface area contributed by atoms with Crippen LogP contribution in [0.15, 0.2) is 24.5 Å². The first-order chi connectivity index (χ1) is 9.36. The topological polar surface area (TPSA) is 85.6 Å². The summed E-state index contributed by atoms with van der Waals surface area (Å²) in [7, 11) is 0. The van der Waals surface area contributed by atoms with Crippen LogP contribution in [0.2, 0.25) is 0 Å². The summed E-state index contributed by atoms with van der Waals surface area (Å²) in [4.78, 5) is 0. The van der Waals surface area contributed by atoms with E-state index in [1.807, 2.05) is 0 Å². The number of halogens is 3. The van der Waals surface area contributed by atoms with Crippen LogP contribution in [0.3, 0.4) is 0 Å². The van der Waals surface area contributed by atoms with E-state index in [0.29, 0.717) is 6.07 Å². The molecule has 0 saturated heterocycles. The van der Waals surface area contributed by atoms with Crippen LogP contribution in [0.4, 0.5) is 13.2 Å². The lowest BCUT2D eigenvalue weighted by Gasteiger charge is -2.13. The maximum Gasteiger partial charge on any atom is 0.420 e. The molecule has 0 aliphatic carbocycles. The molecule has 0 amide bonds. The predicted molar refractivity (Wildman–Crippen MR) is 59.7 cm³/mol. The van der Waals surface area contributed by atoms with Gasteiger partial charge in [0.2, 0.25) is 0 Å². The van der Waals surface area contributed by atoms with Gasteiger partial charge in [-0.2, -0.15) is 28.8 Å². The molecule has 100 valence electrons. The SMILES string of the molecule is N#Cc1cc(-n2cc(C#N)cn2)c(O)c(C(F)(F)F)c1. The van der Waals surface area contributed by atoms with Crippen molar-refractivity contribution in [2.75, 3.05) is 0 Å². The van der Waals surface area contributed by atoms with Crippen LogP contribution >= 0.6 is 0 Å². The average Bonchev–Trinajstić information content (AvgIpc) is 2.86. The number of alkyl halides is 3. The summed E-state index contributed by atoms with van der Waals surface area (Å²) in [6.07, 6.45) is -2.53. The van der Waals surface area contributed by atoms with Crippen LogP contribution in [-0.2, 0) is 6.18 Å². The second-order valence-corrected chi connectivity index (χ2v) is 3.79. The maximum atomic E-state index is 12.8. The van der Waals surface area contributed by atoms with Crippen molar-refractivity contribution >= 4 is 0 Å². The number of aromatic nitrogens is 2. The normalized spacial score (nSPS) is 10.8. The molecule has 0 aliphatic heterocycles. The lowest BCUT2D eigenvalue weighted by atomic mass is 10.1. The number of aromatic hydroxyl groups is 1. The minimum Gasteiger partial charge on any atom is -0.505 e. The summed E-state index contributed by atoms with van der Waals surface area (Å²) in [5.41, 5.74) is -1.82. The molecule has 0 fully saturated rings. The summed E-state index contributed by atoms with van der Waals surface area (Å²) < 4.78 is 39.2. The molecule has 20 heavy (non-hydrogen) atoms. The highest BCUT2D eigenvalue weighted by Crippen LogP contribution is 2.39. The molecule has 1 aromatic heterocycles. The Morgan fingerprint density at radius 2 is 1.80 bits per heavy atom. The number of phenolic OH excluding ortho intramolecular Hbond substituents is 1. The fourth-order valence-corrected chi connectivity index (χ4v) is 1.59. The Labute approximate surface area is 110 Å². The maximum absolute atomic E-state index is 12.8. The lowest BCUT2D eigenvalue weighted by molar-refractivity contribution is -0.138. The van der Waals surface area contributed by atoms with Gasteiger partial charge >= 0.3 is 6.18 Å². The average molecular weight is 278 g/mol. The van der Waals surface area contributed by atoms with E-state index in [-0.39, 0.29) is 16.8 Å². The Morgan fingerprint density at radius 3 is 2.30 bits per heavy atom. The molecule has 1 aromatic carbocycles. The second-order valence-electron chi connectivity index (χ2n) is 3.79. The standard InChI is InChI=1S/C12H5F3N4O/c13-12(14,15)9-1-7(3-16)2-10(11(9)20)19-6-8(4-17)5-18-19/h1-2,5-6,20H. The van der Waals surface area contributed by atoms with Gasteiger partial charge in [0.15, 0.2) is 5.75 Å². The summed E-state index contributed by atoms with van der Waals surface area (Å²) >= 11 is 0. The zero-order valence-electron chi connectivity index (χ0n) is 9.68. The molecule has 2 rings (SSSR count). The zero-order chi connectivity index (χ0) is 14.9. The molecule has 1 N–H and O–H groups in total. The van der Waals surface area contributed by atoms with E-state index in [9.17, 15) is 18.3 Å². The van der Waals surface area contributed by atoms with Gasteiger partial charge in [-0.25, -0.2) is 4.68 Å². The molecule has 0 atom stereocenters. The summed E-state index contributed by atoms with van der Waals surface area (Å²) in [5, 5.41) is 30.8. The second kappa shape index (κ2) is 4.59. The van der Waals surface area contributed by atoms with Gasteiger partial charge in [-0.05, 0) is 12.1 Å². The van der Waals surface area contributed by atoms with E-state index in [0.717, 1.165) is 23.1 Å². The highest BCUT2D eigenvalue weighted by Gasteiger charge is 2.35. The Morgan fingerprint density at radius 1 is 1.15 bits per heavy atom. The third-order valence-corrected chi connectivity index (χ3v) is 2.48. The Kier molecular flexibility index (Phi) is 3.08. The number of hydrogen-bond donors (Lipinski definition) is 1. The molecule has 1 heterocycles.